The molecule has 0 N–H and O–H groups in total. The number of benzene rings is 1. The molecule has 0 saturated carbocycles. The number of nitro groups is 1. The number of carbonyl (C=O) groups excluding carboxylic acids is 1. The normalized spacial score (nSPS) is 10.5. The first-order valence-electron chi connectivity index (χ1n) is 6.64. The Labute approximate surface area is 132 Å². The lowest BCUT2D eigenvalue weighted by atomic mass is 10.1. The van der Waals surface area contributed by atoms with E-state index in [4.69, 9.17) is 11.6 Å². The van der Waals surface area contributed by atoms with Crippen LogP contribution in [0.3, 0.4) is 0 Å². The van der Waals surface area contributed by atoms with Crippen LogP contribution in [0.2, 0.25) is 5.02 Å². The third kappa shape index (κ3) is 3.09. The molecule has 0 aliphatic heterocycles. The Kier molecular flexibility index (Phi) is 4.77. The van der Waals surface area contributed by atoms with Crippen molar-refractivity contribution in [2.75, 3.05) is 7.05 Å². The van der Waals surface area contributed by atoms with Crippen LogP contribution < -0.4 is 0 Å². The maximum absolute atomic E-state index is 12.5. The second-order valence-electron chi connectivity index (χ2n) is 4.69. The molecular formula is C14H15ClN4O3. The topological polar surface area (TPSA) is 81.3 Å². The molecule has 0 spiro atoms. The minimum absolute atomic E-state index is 0.0497. The Bertz CT molecular complexity index is 714. The molecule has 0 aliphatic carbocycles. The largest absolute Gasteiger partial charge is 0.336 e. The highest BCUT2D eigenvalue weighted by Gasteiger charge is 2.23. The van der Waals surface area contributed by atoms with E-state index < -0.39 is 10.8 Å². The van der Waals surface area contributed by atoms with Gasteiger partial charge in [0.25, 0.3) is 11.6 Å². The van der Waals surface area contributed by atoms with Crippen LogP contribution in [0.5, 0.6) is 0 Å². The van der Waals surface area contributed by atoms with E-state index in [2.05, 4.69) is 5.10 Å². The number of nitro benzene ring substituents is 1. The highest BCUT2D eigenvalue weighted by molar-refractivity contribution is 6.31. The molecular weight excluding hydrogens is 308 g/mol. The summed E-state index contributed by atoms with van der Waals surface area (Å²) in [6.45, 7) is 2.75. The molecule has 0 atom stereocenters. The number of para-hydroxylation sites is 1. The van der Waals surface area contributed by atoms with E-state index in [1.807, 2.05) is 6.92 Å². The van der Waals surface area contributed by atoms with Gasteiger partial charge < -0.3 is 4.90 Å². The van der Waals surface area contributed by atoms with E-state index in [0.29, 0.717) is 17.3 Å². The molecule has 2 rings (SSSR count). The summed E-state index contributed by atoms with van der Waals surface area (Å²) in [6, 6.07) is 5.87. The molecule has 1 aromatic heterocycles. The van der Waals surface area contributed by atoms with Crippen molar-refractivity contribution in [3.8, 4) is 0 Å². The van der Waals surface area contributed by atoms with Crippen molar-refractivity contribution < 1.29 is 9.72 Å². The highest BCUT2D eigenvalue weighted by atomic mass is 35.5. The van der Waals surface area contributed by atoms with E-state index in [1.165, 1.54) is 29.3 Å². The van der Waals surface area contributed by atoms with Crippen molar-refractivity contribution in [3.05, 3.63) is 56.9 Å². The zero-order valence-electron chi connectivity index (χ0n) is 12.2. The predicted octanol–water partition coefficient (Wildman–Crippen LogP) is 2.74. The van der Waals surface area contributed by atoms with Crippen LogP contribution in [0.25, 0.3) is 0 Å². The first kappa shape index (κ1) is 16.0. The number of aryl methyl sites for hydroxylation is 1. The van der Waals surface area contributed by atoms with Crippen LogP contribution in [0.1, 0.15) is 23.0 Å². The van der Waals surface area contributed by atoms with Crippen molar-refractivity contribution >= 4 is 23.2 Å². The molecule has 0 saturated heterocycles. The molecule has 2 aromatic rings. The highest BCUT2D eigenvalue weighted by Crippen LogP contribution is 2.22. The number of hydrogen-bond donors (Lipinski definition) is 0. The fourth-order valence-electron chi connectivity index (χ4n) is 2.13. The Hall–Kier alpha value is -2.41. The van der Waals surface area contributed by atoms with Gasteiger partial charge in [-0.05, 0) is 13.0 Å². The fourth-order valence-corrected chi connectivity index (χ4v) is 2.33. The molecule has 8 heteroatoms. The molecule has 1 amide bonds. The van der Waals surface area contributed by atoms with Gasteiger partial charge in [-0.15, -0.1) is 0 Å². The second kappa shape index (κ2) is 6.57. The molecule has 0 radical (unpaired) electrons. The summed E-state index contributed by atoms with van der Waals surface area (Å²) in [5.41, 5.74) is 0.529. The van der Waals surface area contributed by atoms with Gasteiger partial charge in [-0.1, -0.05) is 23.7 Å². The maximum Gasteiger partial charge on any atom is 0.282 e. The average Bonchev–Trinajstić information content (AvgIpc) is 2.86. The first-order chi connectivity index (χ1) is 10.5. The Morgan fingerprint density at radius 2 is 2.14 bits per heavy atom. The standard InChI is InChI=1S/C14H15ClN4O3/c1-3-18-13(11(15)8-16-18)9-17(2)14(20)10-6-4-5-7-12(10)19(21)22/h4-8H,3,9H2,1-2H3. The van der Waals surface area contributed by atoms with Gasteiger partial charge in [-0.3, -0.25) is 19.6 Å². The summed E-state index contributed by atoms with van der Waals surface area (Å²) in [7, 11) is 1.57. The Morgan fingerprint density at radius 1 is 1.45 bits per heavy atom. The van der Waals surface area contributed by atoms with Gasteiger partial charge in [0.05, 0.1) is 28.4 Å². The van der Waals surface area contributed by atoms with Crippen molar-refractivity contribution in [2.24, 2.45) is 0 Å². The van der Waals surface area contributed by atoms with E-state index in [1.54, 1.807) is 17.8 Å². The van der Waals surface area contributed by atoms with Crippen molar-refractivity contribution in [2.45, 2.75) is 20.0 Å². The van der Waals surface area contributed by atoms with Crippen LogP contribution in [0, 0.1) is 10.1 Å². The van der Waals surface area contributed by atoms with Gasteiger partial charge in [-0.25, -0.2) is 0 Å². The molecule has 0 unspecified atom stereocenters. The van der Waals surface area contributed by atoms with E-state index >= 15 is 0 Å². The van der Waals surface area contributed by atoms with Crippen LogP contribution in [0.4, 0.5) is 5.69 Å². The number of carbonyl (C=O) groups is 1. The third-order valence-corrected chi connectivity index (χ3v) is 3.58. The van der Waals surface area contributed by atoms with Gasteiger partial charge in [0, 0.05) is 19.7 Å². The van der Waals surface area contributed by atoms with Gasteiger partial charge in [0.2, 0.25) is 0 Å². The SMILES string of the molecule is CCn1ncc(Cl)c1CN(C)C(=O)c1ccccc1[N+](=O)[O-]. The Morgan fingerprint density at radius 3 is 2.77 bits per heavy atom. The van der Waals surface area contributed by atoms with Crippen molar-refractivity contribution in [3.63, 3.8) is 0 Å². The number of nitrogens with zero attached hydrogens (tertiary/aromatic N) is 4. The quantitative estimate of drug-likeness (QED) is 0.626. The summed E-state index contributed by atoms with van der Waals surface area (Å²) in [5.74, 6) is -0.438. The van der Waals surface area contributed by atoms with Crippen LogP contribution in [-0.2, 0) is 13.1 Å². The van der Waals surface area contributed by atoms with E-state index in [0.717, 1.165) is 0 Å². The molecule has 116 valence electrons. The number of amides is 1. The lowest BCUT2D eigenvalue weighted by molar-refractivity contribution is -0.385. The van der Waals surface area contributed by atoms with Crippen LogP contribution in [-0.4, -0.2) is 32.6 Å². The molecule has 1 heterocycles. The third-order valence-electron chi connectivity index (χ3n) is 3.26. The minimum atomic E-state index is -0.565. The molecule has 0 fully saturated rings. The number of rotatable bonds is 5. The molecule has 1 aromatic carbocycles. The zero-order chi connectivity index (χ0) is 16.3. The summed E-state index contributed by atoms with van der Waals surface area (Å²) in [4.78, 5) is 24.3. The Balaban J connectivity index is 2.27. The van der Waals surface area contributed by atoms with E-state index in [-0.39, 0.29) is 17.8 Å². The summed E-state index contributed by atoms with van der Waals surface area (Å²) >= 11 is 6.07. The maximum atomic E-state index is 12.5. The van der Waals surface area contributed by atoms with Crippen LogP contribution >= 0.6 is 11.6 Å². The molecule has 0 bridgehead atoms. The summed E-state index contributed by atoms with van der Waals surface area (Å²) in [5, 5.41) is 15.6. The van der Waals surface area contributed by atoms with E-state index in [9.17, 15) is 14.9 Å². The molecule has 0 aliphatic rings. The second-order valence-corrected chi connectivity index (χ2v) is 5.10. The summed E-state index contributed by atoms with van der Waals surface area (Å²) < 4.78 is 1.69. The van der Waals surface area contributed by atoms with Gasteiger partial charge in [0.15, 0.2) is 0 Å². The van der Waals surface area contributed by atoms with Gasteiger partial charge >= 0.3 is 0 Å². The minimum Gasteiger partial charge on any atom is -0.336 e. The van der Waals surface area contributed by atoms with Gasteiger partial charge in [0.1, 0.15) is 5.56 Å². The molecule has 7 nitrogen and oxygen atoms in total. The zero-order valence-corrected chi connectivity index (χ0v) is 12.9. The number of halogens is 1. The fraction of sp³-hybridized carbons (Fsp3) is 0.286. The monoisotopic (exact) mass is 322 g/mol. The average molecular weight is 323 g/mol. The summed E-state index contributed by atoms with van der Waals surface area (Å²) in [6.07, 6.45) is 1.52. The molecule has 22 heavy (non-hydrogen) atoms. The number of hydrogen-bond acceptors (Lipinski definition) is 4. The first-order valence-corrected chi connectivity index (χ1v) is 7.02. The smallest absolute Gasteiger partial charge is 0.282 e. The lowest BCUT2D eigenvalue weighted by Crippen LogP contribution is -2.28. The predicted molar refractivity (Wildman–Crippen MR) is 81.8 cm³/mol. The van der Waals surface area contributed by atoms with Crippen LogP contribution in [0.15, 0.2) is 30.5 Å². The lowest BCUT2D eigenvalue weighted by Gasteiger charge is -2.18. The van der Waals surface area contributed by atoms with Crippen molar-refractivity contribution in [1.82, 2.24) is 14.7 Å². The number of aromatic nitrogens is 2. The van der Waals surface area contributed by atoms with Gasteiger partial charge in [-0.2, -0.15) is 5.10 Å². The van der Waals surface area contributed by atoms with Crippen molar-refractivity contribution in [1.29, 1.82) is 0 Å².